The van der Waals surface area contributed by atoms with Crippen molar-refractivity contribution in [2.75, 3.05) is 0 Å². The molecular weight excluding hydrogens is 240 g/mol. The Hall–Kier alpha value is -1.46. The number of amides is 1. The van der Waals surface area contributed by atoms with Crippen LogP contribution in [0.5, 0.6) is 0 Å². The fraction of sp³-hybridized carbons (Fsp3) is 0.667. The third kappa shape index (κ3) is 3.05. The maximum Gasteiger partial charge on any atom is 0.333 e. The molecule has 1 heterocycles. The van der Waals surface area contributed by atoms with Crippen LogP contribution in [-0.4, -0.2) is 21.7 Å². The maximum atomic E-state index is 12.6. The van der Waals surface area contributed by atoms with Crippen molar-refractivity contribution in [2.45, 2.75) is 51.1 Å². The van der Waals surface area contributed by atoms with Gasteiger partial charge in [0.05, 0.1) is 0 Å². The highest BCUT2D eigenvalue weighted by atomic mass is 19.3. The number of aromatic nitrogens is 2. The summed E-state index contributed by atoms with van der Waals surface area (Å²) in [5.41, 5.74) is -0.0748. The number of rotatable bonds is 3. The topological polar surface area (TPSA) is 46.9 Å². The van der Waals surface area contributed by atoms with Gasteiger partial charge in [0.1, 0.15) is 5.69 Å². The van der Waals surface area contributed by atoms with Crippen molar-refractivity contribution in [3.05, 3.63) is 18.0 Å². The minimum absolute atomic E-state index is 0.0748. The molecule has 18 heavy (non-hydrogen) atoms. The normalized spacial score (nSPS) is 17.7. The van der Waals surface area contributed by atoms with Crippen LogP contribution in [0, 0.1) is 0 Å². The van der Waals surface area contributed by atoms with E-state index >= 15 is 0 Å². The quantitative estimate of drug-likeness (QED) is 0.846. The van der Waals surface area contributed by atoms with Crippen molar-refractivity contribution in [1.82, 2.24) is 15.1 Å². The van der Waals surface area contributed by atoms with E-state index in [-0.39, 0.29) is 11.7 Å². The second kappa shape index (κ2) is 5.93. The first-order chi connectivity index (χ1) is 8.68. The summed E-state index contributed by atoms with van der Waals surface area (Å²) in [7, 11) is 0. The SMILES string of the molecule is O=C(NC1CCCCCC1)c1ccnn1C(F)F. The molecule has 1 aliphatic carbocycles. The Morgan fingerprint density at radius 2 is 2.00 bits per heavy atom. The number of nitrogens with zero attached hydrogens (tertiary/aromatic N) is 2. The van der Waals surface area contributed by atoms with E-state index in [9.17, 15) is 13.6 Å². The third-order valence-corrected chi connectivity index (χ3v) is 3.28. The molecule has 6 heteroatoms. The van der Waals surface area contributed by atoms with Crippen molar-refractivity contribution in [2.24, 2.45) is 0 Å². The fourth-order valence-corrected chi connectivity index (χ4v) is 2.33. The van der Waals surface area contributed by atoms with Crippen LogP contribution in [0.4, 0.5) is 8.78 Å². The van der Waals surface area contributed by atoms with Gasteiger partial charge < -0.3 is 5.32 Å². The van der Waals surface area contributed by atoms with Crippen LogP contribution in [0.2, 0.25) is 0 Å². The summed E-state index contributed by atoms with van der Waals surface area (Å²) in [5.74, 6) is -0.459. The van der Waals surface area contributed by atoms with E-state index in [0.717, 1.165) is 25.7 Å². The van der Waals surface area contributed by atoms with E-state index in [1.165, 1.54) is 25.1 Å². The van der Waals surface area contributed by atoms with Gasteiger partial charge in [-0.15, -0.1) is 0 Å². The van der Waals surface area contributed by atoms with E-state index in [1.807, 2.05) is 0 Å². The van der Waals surface area contributed by atoms with E-state index in [2.05, 4.69) is 10.4 Å². The number of hydrogen-bond acceptors (Lipinski definition) is 2. The van der Waals surface area contributed by atoms with Crippen LogP contribution in [0.1, 0.15) is 55.6 Å². The first-order valence-electron chi connectivity index (χ1n) is 6.31. The number of alkyl halides is 2. The van der Waals surface area contributed by atoms with Gasteiger partial charge in [0.2, 0.25) is 0 Å². The molecule has 1 aromatic heterocycles. The number of hydrogen-bond donors (Lipinski definition) is 1. The summed E-state index contributed by atoms with van der Waals surface area (Å²) in [6, 6.07) is 1.42. The van der Waals surface area contributed by atoms with E-state index in [1.54, 1.807) is 0 Å². The van der Waals surface area contributed by atoms with Crippen LogP contribution in [0.25, 0.3) is 0 Å². The van der Waals surface area contributed by atoms with Gasteiger partial charge in [0, 0.05) is 12.2 Å². The van der Waals surface area contributed by atoms with Crippen LogP contribution in [-0.2, 0) is 0 Å². The van der Waals surface area contributed by atoms with Crippen LogP contribution < -0.4 is 5.32 Å². The number of nitrogens with one attached hydrogen (secondary N) is 1. The maximum absolute atomic E-state index is 12.6. The highest BCUT2D eigenvalue weighted by Gasteiger charge is 2.21. The molecular formula is C12H17F2N3O. The number of halogens is 2. The molecule has 1 amide bonds. The minimum Gasteiger partial charge on any atom is -0.348 e. The first kappa shape index (κ1) is 13.0. The average Bonchev–Trinajstić information content (AvgIpc) is 2.70. The minimum atomic E-state index is -2.78. The Morgan fingerprint density at radius 3 is 2.61 bits per heavy atom. The monoisotopic (exact) mass is 257 g/mol. The van der Waals surface area contributed by atoms with E-state index in [4.69, 9.17) is 0 Å². The zero-order chi connectivity index (χ0) is 13.0. The van der Waals surface area contributed by atoms with Gasteiger partial charge in [-0.3, -0.25) is 4.79 Å². The molecule has 1 saturated carbocycles. The first-order valence-corrected chi connectivity index (χ1v) is 6.31. The second-order valence-electron chi connectivity index (χ2n) is 4.60. The van der Waals surface area contributed by atoms with Crippen LogP contribution in [0.15, 0.2) is 12.3 Å². The zero-order valence-electron chi connectivity index (χ0n) is 10.1. The Kier molecular flexibility index (Phi) is 4.28. The predicted molar refractivity (Wildman–Crippen MR) is 62.4 cm³/mol. The molecule has 0 atom stereocenters. The van der Waals surface area contributed by atoms with Crippen molar-refractivity contribution in [1.29, 1.82) is 0 Å². The van der Waals surface area contributed by atoms with Crippen molar-refractivity contribution in [3.63, 3.8) is 0 Å². The van der Waals surface area contributed by atoms with Gasteiger partial charge in [-0.05, 0) is 18.9 Å². The fourth-order valence-electron chi connectivity index (χ4n) is 2.33. The lowest BCUT2D eigenvalue weighted by Gasteiger charge is -2.16. The Labute approximate surface area is 104 Å². The summed E-state index contributed by atoms with van der Waals surface area (Å²) in [5, 5.41) is 6.28. The standard InChI is InChI=1S/C12H17F2N3O/c13-12(14)17-10(7-8-15-17)11(18)16-9-5-3-1-2-4-6-9/h7-9,12H,1-6H2,(H,16,18). The van der Waals surface area contributed by atoms with Gasteiger partial charge in [-0.25, -0.2) is 0 Å². The van der Waals surface area contributed by atoms with Crippen molar-refractivity contribution < 1.29 is 13.6 Å². The van der Waals surface area contributed by atoms with E-state index in [0.29, 0.717) is 4.68 Å². The summed E-state index contributed by atoms with van der Waals surface area (Å²) in [6.07, 6.45) is 7.60. The van der Waals surface area contributed by atoms with Gasteiger partial charge in [0.25, 0.3) is 5.91 Å². The molecule has 0 aliphatic heterocycles. The summed E-state index contributed by atoms with van der Waals surface area (Å²) in [4.78, 5) is 11.9. The summed E-state index contributed by atoms with van der Waals surface area (Å²) < 4.78 is 25.6. The number of carbonyl (C=O) groups is 1. The summed E-state index contributed by atoms with van der Waals surface area (Å²) >= 11 is 0. The van der Waals surface area contributed by atoms with Gasteiger partial charge in [-0.1, -0.05) is 25.7 Å². The highest BCUT2D eigenvalue weighted by Crippen LogP contribution is 2.18. The lowest BCUT2D eigenvalue weighted by Crippen LogP contribution is -2.35. The van der Waals surface area contributed by atoms with Crippen molar-refractivity contribution in [3.8, 4) is 0 Å². The molecule has 0 spiro atoms. The Morgan fingerprint density at radius 1 is 1.33 bits per heavy atom. The van der Waals surface area contributed by atoms with Crippen LogP contribution >= 0.6 is 0 Å². The third-order valence-electron chi connectivity index (χ3n) is 3.28. The van der Waals surface area contributed by atoms with Gasteiger partial charge >= 0.3 is 6.55 Å². The Balaban J connectivity index is 2.00. The molecule has 0 saturated heterocycles. The summed E-state index contributed by atoms with van der Waals surface area (Å²) in [6.45, 7) is -2.78. The molecule has 0 radical (unpaired) electrons. The zero-order valence-corrected chi connectivity index (χ0v) is 10.1. The molecule has 1 fully saturated rings. The lowest BCUT2D eigenvalue weighted by atomic mass is 10.1. The molecule has 1 N–H and O–H groups in total. The molecule has 1 aromatic rings. The molecule has 0 bridgehead atoms. The Bertz CT molecular complexity index is 398. The number of carbonyl (C=O) groups excluding carboxylic acids is 1. The lowest BCUT2D eigenvalue weighted by molar-refractivity contribution is 0.0506. The molecule has 100 valence electrons. The second-order valence-corrected chi connectivity index (χ2v) is 4.60. The molecule has 2 rings (SSSR count). The largest absolute Gasteiger partial charge is 0.348 e. The molecule has 0 aromatic carbocycles. The molecule has 0 unspecified atom stereocenters. The van der Waals surface area contributed by atoms with E-state index < -0.39 is 12.5 Å². The molecule has 1 aliphatic rings. The molecule has 4 nitrogen and oxygen atoms in total. The van der Waals surface area contributed by atoms with Gasteiger partial charge in [0.15, 0.2) is 0 Å². The van der Waals surface area contributed by atoms with Crippen molar-refractivity contribution >= 4 is 5.91 Å². The predicted octanol–water partition coefficient (Wildman–Crippen LogP) is 2.73. The van der Waals surface area contributed by atoms with Crippen LogP contribution in [0.3, 0.4) is 0 Å². The highest BCUT2D eigenvalue weighted by molar-refractivity contribution is 5.92. The van der Waals surface area contributed by atoms with Gasteiger partial charge in [-0.2, -0.15) is 18.6 Å². The average molecular weight is 257 g/mol. The smallest absolute Gasteiger partial charge is 0.333 e.